The van der Waals surface area contributed by atoms with Gasteiger partial charge in [-0.25, -0.2) is 4.58 Å². The Labute approximate surface area is 70.1 Å². The number of hydrogen-bond acceptors (Lipinski definition) is 0. The molecule has 0 fully saturated rings. The molecule has 0 spiro atoms. The zero-order valence-electron chi connectivity index (χ0n) is 8.17. The van der Waals surface area contributed by atoms with E-state index in [9.17, 15) is 0 Å². The number of nitrogens with zero attached hydrogens (tertiary/aromatic N) is 1. The second-order valence-electron chi connectivity index (χ2n) is 4.26. The minimum Gasteiger partial charge on any atom is -0.237 e. The second kappa shape index (κ2) is 3.38. The molecule has 1 heteroatoms. The van der Waals surface area contributed by atoms with E-state index < -0.39 is 0 Å². The average molecular weight is 154 g/mol. The van der Waals surface area contributed by atoms with E-state index in [2.05, 4.69) is 38.5 Å². The molecule has 0 aromatic carbocycles. The summed E-state index contributed by atoms with van der Waals surface area (Å²) in [5.41, 5.74) is 0. The second-order valence-corrected chi connectivity index (χ2v) is 4.26. The Balaban J connectivity index is 2.64. The minimum atomic E-state index is 0.681. The molecule has 1 nitrogen and oxygen atoms in total. The third-order valence-corrected chi connectivity index (χ3v) is 2.41. The van der Waals surface area contributed by atoms with Gasteiger partial charge in [-0.05, 0) is 20.3 Å². The Morgan fingerprint density at radius 2 is 2.00 bits per heavy atom. The summed E-state index contributed by atoms with van der Waals surface area (Å²) in [6, 6.07) is 0.681. The maximum absolute atomic E-state index is 2.47. The Bertz CT molecular complexity index is 158. The van der Waals surface area contributed by atoms with Crippen molar-refractivity contribution in [3.05, 3.63) is 0 Å². The molecule has 0 radical (unpaired) electrons. The molecular weight excluding hydrogens is 134 g/mol. The molecule has 0 bridgehead atoms. The van der Waals surface area contributed by atoms with Crippen LogP contribution in [0.25, 0.3) is 0 Å². The summed E-state index contributed by atoms with van der Waals surface area (Å²) < 4.78 is 2.47. The summed E-state index contributed by atoms with van der Waals surface area (Å²) >= 11 is 0. The minimum absolute atomic E-state index is 0.681. The fourth-order valence-corrected chi connectivity index (χ4v) is 1.90. The van der Waals surface area contributed by atoms with E-state index in [4.69, 9.17) is 0 Å². The van der Waals surface area contributed by atoms with Gasteiger partial charge in [0.25, 0.3) is 0 Å². The van der Waals surface area contributed by atoms with Crippen LogP contribution in [0.3, 0.4) is 0 Å². The fourth-order valence-electron chi connectivity index (χ4n) is 1.90. The van der Waals surface area contributed by atoms with Gasteiger partial charge in [-0.2, -0.15) is 0 Å². The smallest absolute Gasteiger partial charge is 0.146 e. The highest BCUT2D eigenvalue weighted by atomic mass is 15.0. The maximum atomic E-state index is 2.47. The summed E-state index contributed by atoms with van der Waals surface area (Å²) in [6.07, 6.45) is 3.76. The molecule has 64 valence electrons. The Hall–Kier alpha value is -0.330. The van der Waals surface area contributed by atoms with Crippen LogP contribution in [0.4, 0.5) is 0 Å². The van der Waals surface area contributed by atoms with Crippen molar-refractivity contribution >= 4 is 6.21 Å². The summed E-state index contributed by atoms with van der Waals surface area (Å²) in [7, 11) is 0. The van der Waals surface area contributed by atoms with Crippen LogP contribution in [0.15, 0.2) is 0 Å². The van der Waals surface area contributed by atoms with Crippen LogP contribution in [0.1, 0.15) is 34.1 Å². The molecule has 0 N–H and O–H groups in total. The number of hydrogen-bond donors (Lipinski definition) is 0. The standard InChI is InChI=1S/C10H20N/c1-8(2)11-6-9(3)5-10(4)7-11/h6,8-10H,5,7H2,1-4H3/q+1/t9-,10-/m0/s1. The van der Waals surface area contributed by atoms with Gasteiger partial charge >= 0.3 is 0 Å². The monoisotopic (exact) mass is 154 g/mol. The molecule has 1 rings (SSSR count). The summed E-state index contributed by atoms with van der Waals surface area (Å²) in [4.78, 5) is 0. The van der Waals surface area contributed by atoms with Crippen LogP contribution in [-0.4, -0.2) is 23.4 Å². The highest BCUT2D eigenvalue weighted by Crippen LogP contribution is 2.15. The van der Waals surface area contributed by atoms with Gasteiger partial charge in [0.2, 0.25) is 0 Å². The highest BCUT2D eigenvalue weighted by molar-refractivity contribution is 5.55. The molecule has 0 saturated heterocycles. The molecule has 0 unspecified atom stereocenters. The van der Waals surface area contributed by atoms with Crippen LogP contribution in [0.2, 0.25) is 0 Å². The summed E-state index contributed by atoms with van der Waals surface area (Å²) in [5.74, 6) is 1.65. The van der Waals surface area contributed by atoms with Gasteiger partial charge in [0, 0.05) is 11.8 Å². The van der Waals surface area contributed by atoms with Crippen molar-refractivity contribution in [1.29, 1.82) is 0 Å². The lowest BCUT2D eigenvalue weighted by atomic mass is 9.94. The zero-order chi connectivity index (χ0) is 8.43. The van der Waals surface area contributed by atoms with Crippen molar-refractivity contribution in [2.24, 2.45) is 11.8 Å². The molecule has 2 atom stereocenters. The molecular formula is C10H20N+. The maximum Gasteiger partial charge on any atom is 0.146 e. The van der Waals surface area contributed by atoms with E-state index in [1.54, 1.807) is 0 Å². The highest BCUT2D eigenvalue weighted by Gasteiger charge is 2.23. The van der Waals surface area contributed by atoms with Crippen LogP contribution in [0, 0.1) is 11.8 Å². The first-order valence-corrected chi connectivity index (χ1v) is 4.70. The topological polar surface area (TPSA) is 3.01 Å². The van der Waals surface area contributed by atoms with Crippen molar-refractivity contribution in [1.82, 2.24) is 0 Å². The Morgan fingerprint density at radius 3 is 2.45 bits per heavy atom. The lowest BCUT2D eigenvalue weighted by Gasteiger charge is -2.20. The normalized spacial score (nSPS) is 32.3. The SMILES string of the molecule is CC(C)[N+]1=C[C@@H](C)C[C@H](C)C1. The first-order valence-electron chi connectivity index (χ1n) is 4.70. The van der Waals surface area contributed by atoms with E-state index in [1.807, 2.05) is 0 Å². The van der Waals surface area contributed by atoms with Crippen molar-refractivity contribution in [2.45, 2.75) is 40.2 Å². The van der Waals surface area contributed by atoms with Crippen molar-refractivity contribution < 1.29 is 4.58 Å². The molecule has 0 aromatic heterocycles. The molecule has 11 heavy (non-hydrogen) atoms. The molecule has 0 amide bonds. The van der Waals surface area contributed by atoms with Gasteiger partial charge < -0.3 is 0 Å². The van der Waals surface area contributed by atoms with Gasteiger partial charge in [-0.3, -0.25) is 0 Å². The first-order chi connectivity index (χ1) is 5.09. The molecule has 0 aliphatic carbocycles. The third-order valence-electron chi connectivity index (χ3n) is 2.41. The summed E-state index contributed by atoms with van der Waals surface area (Å²) in [6.45, 7) is 10.4. The predicted molar refractivity (Wildman–Crippen MR) is 49.3 cm³/mol. The van der Waals surface area contributed by atoms with E-state index in [1.165, 1.54) is 13.0 Å². The molecule has 0 saturated carbocycles. The molecule has 1 heterocycles. The van der Waals surface area contributed by atoms with E-state index in [-0.39, 0.29) is 0 Å². The quantitative estimate of drug-likeness (QED) is 0.509. The van der Waals surface area contributed by atoms with Crippen LogP contribution in [0.5, 0.6) is 0 Å². The lowest BCUT2D eigenvalue weighted by Crippen LogP contribution is -2.33. The van der Waals surface area contributed by atoms with E-state index in [0.29, 0.717) is 6.04 Å². The van der Waals surface area contributed by atoms with Gasteiger partial charge in [0.1, 0.15) is 18.8 Å². The average Bonchev–Trinajstić information content (AvgIpc) is 1.85. The first kappa shape index (κ1) is 8.76. The van der Waals surface area contributed by atoms with Crippen LogP contribution in [-0.2, 0) is 0 Å². The summed E-state index contributed by atoms with van der Waals surface area (Å²) in [5, 5.41) is 0. The van der Waals surface area contributed by atoms with Crippen LogP contribution < -0.4 is 0 Å². The van der Waals surface area contributed by atoms with Crippen molar-refractivity contribution in [3.8, 4) is 0 Å². The van der Waals surface area contributed by atoms with Gasteiger partial charge in [0.05, 0.1) is 0 Å². The van der Waals surface area contributed by atoms with Gasteiger partial charge in [0.15, 0.2) is 0 Å². The van der Waals surface area contributed by atoms with Crippen LogP contribution >= 0.6 is 0 Å². The third kappa shape index (κ3) is 2.32. The van der Waals surface area contributed by atoms with Gasteiger partial charge in [-0.1, -0.05) is 13.8 Å². The van der Waals surface area contributed by atoms with Crippen molar-refractivity contribution in [3.63, 3.8) is 0 Å². The Kier molecular flexibility index (Phi) is 2.69. The van der Waals surface area contributed by atoms with Gasteiger partial charge in [-0.15, -0.1) is 0 Å². The zero-order valence-corrected chi connectivity index (χ0v) is 8.17. The molecule has 1 aliphatic rings. The van der Waals surface area contributed by atoms with E-state index in [0.717, 1.165) is 11.8 Å². The molecule has 0 aromatic rings. The Morgan fingerprint density at radius 1 is 1.36 bits per heavy atom. The fraction of sp³-hybridized carbons (Fsp3) is 0.900. The van der Waals surface area contributed by atoms with Crippen molar-refractivity contribution in [2.75, 3.05) is 6.54 Å². The predicted octanol–water partition coefficient (Wildman–Crippen LogP) is 2.15. The molecule has 1 aliphatic heterocycles. The number of rotatable bonds is 1. The largest absolute Gasteiger partial charge is 0.237 e. The lowest BCUT2D eigenvalue weighted by molar-refractivity contribution is -0.566. The van der Waals surface area contributed by atoms with E-state index >= 15 is 0 Å².